The number of quaternary nitrogens is 1. The second kappa shape index (κ2) is 8.00. The van der Waals surface area contributed by atoms with Gasteiger partial charge in [-0.25, -0.2) is 0 Å². The predicted molar refractivity (Wildman–Crippen MR) is 53.0 cm³/mol. The van der Waals surface area contributed by atoms with Crippen molar-refractivity contribution in [2.24, 2.45) is 0 Å². The van der Waals surface area contributed by atoms with Gasteiger partial charge in [-0.05, 0) is 27.7 Å². The highest BCUT2D eigenvalue weighted by Crippen LogP contribution is 2.13. The van der Waals surface area contributed by atoms with Crippen LogP contribution in [0.2, 0.25) is 0 Å². The van der Waals surface area contributed by atoms with Crippen LogP contribution in [0, 0.1) is 0 Å². The second-order valence-electron chi connectivity index (χ2n) is 3.22. The number of ether oxygens (including phenoxy) is 1. The molecule has 0 aliphatic heterocycles. The summed E-state index contributed by atoms with van der Waals surface area (Å²) in [7, 11) is 0. The molecule has 82 valence electrons. The van der Waals surface area contributed by atoms with Gasteiger partial charge in [-0.3, -0.25) is 4.48 Å². The largest absolute Gasteiger partial charge is 1.00 e. The number of hydrogen-bond donors (Lipinski definition) is 0. The number of hydrogen-bond acceptors (Lipinski definition) is 1. The van der Waals surface area contributed by atoms with Crippen LogP contribution >= 0.6 is 0 Å². The zero-order valence-corrected chi connectivity index (χ0v) is 11.8. The Kier molecular flexibility index (Phi) is 9.90. The molecule has 13 heavy (non-hydrogen) atoms. The zero-order chi connectivity index (χ0) is 9.61. The molecule has 0 aromatic carbocycles. The summed E-state index contributed by atoms with van der Waals surface area (Å²) >= 11 is 0. The summed E-state index contributed by atoms with van der Waals surface area (Å²) in [5.74, 6) is 0. The molecule has 3 heteroatoms. The highest BCUT2D eigenvalue weighted by atomic mass is 127. The van der Waals surface area contributed by atoms with Crippen LogP contribution in [0.15, 0.2) is 0 Å². The van der Waals surface area contributed by atoms with Gasteiger partial charge < -0.3 is 28.7 Å². The van der Waals surface area contributed by atoms with Crippen molar-refractivity contribution < 1.29 is 33.2 Å². The van der Waals surface area contributed by atoms with Gasteiger partial charge in [-0.15, -0.1) is 0 Å². The standard InChI is InChI=1S/C10H24NO.HI/c1-6-11(7-2,8-3)10(5)12-9-4;/h10H,6-9H2,1-5H3;1H/q+1;/p-1. The summed E-state index contributed by atoms with van der Waals surface area (Å²) in [6.45, 7) is 15.3. The van der Waals surface area contributed by atoms with Gasteiger partial charge in [-0.1, -0.05) is 0 Å². The van der Waals surface area contributed by atoms with Crippen LogP contribution in [0.4, 0.5) is 0 Å². The van der Waals surface area contributed by atoms with E-state index in [0.717, 1.165) is 30.7 Å². The lowest BCUT2D eigenvalue weighted by Crippen LogP contribution is -3.00. The predicted octanol–water partition coefficient (Wildman–Crippen LogP) is -0.751. The molecule has 1 atom stereocenters. The van der Waals surface area contributed by atoms with Crippen molar-refractivity contribution in [3.63, 3.8) is 0 Å². The second-order valence-corrected chi connectivity index (χ2v) is 3.22. The first-order valence-corrected chi connectivity index (χ1v) is 5.14. The van der Waals surface area contributed by atoms with Crippen molar-refractivity contribution in [1.82, 2.24) is 0 Å². The van der Waals surface area contributed by atoms with E-state index in [1.807, 2.05) is 0 Å². The Morgan fingerprint density at radius 1 is 1.00 bits per heavy atom. The summed E-state index contributed by atoms with van der Waals surface area (Å²) < 4.78 is 6.73. The van der Waals surface area contributed by atoms with Gasteiger partial charge in [0.25, 0.3) is 0 Å². The normalized spacial score (nSPS) is 13.6. The molecule has 0 aliphatic rings. The van der Waals surface area contributed by atoms with E-state index in [1.54, 1.807) is 0 Å². The molecule has 0 aliphatic carbocycles. The van der Waals surface area contributed by atoms with Crippen molar-refractivity contribution in [3.05, 3.63) is 0 Å². The third kappa shape index (κ3) is 4.13. The van der Waals surface area contributed by atoms with Crippen molar-refractivity contribution in [3.8, 4) is 0 Å². The maximum atomic E-state index is 5.65. The van der Waals surface area contributed by atoms with E-state index in [9.17, 15) is 0 Å². The fourth-order valence-electron chi connectivity index (χ4n) is 1.84. The smallest absolute Gasteiger partial charge is 0.190 e. The topological polar surface area (TPSA) is 9.23 Å². The number of halogens is 1. The third-order valence-corrected chi connectivity index (χ3v) is 3.07. The molecule has 0 saturated carbocycles. The van der Waals surface area contributed by atoms with Gasteiger partial charge in [0.05, 0.1) is 26.2 Å². The fraction of sp³-hybridized carbons (Fsp3) is 1.00. The molecule has 0 rings (SSSR count). The van der Waals surface area contributed by atoms with Gasteiger partial charge in [0.1, 0.15) is 0 Å². The van der Waals surface area contributed by atoms with Gasteiger partial charge in [0, 0.05) is 6.92 Å². The van der Waals surface area contributed by atoms with E-state index in [2.05, 4.69) is 34.6 Å². The van der Waals surface area contributed by atoms with Crippen LogP contribution in [-0.2, 0) is 4.74 Å². The Balaban J connectivity index is 0. The highest BCUT2D eigenvalue weighted by Gasteiger charge is 2.28. The van der Waals surface area contributed by atoms with Crippen LogP contribution in [-0.4, -0.2) is 37.0 Å². The molecule has 0 saturated heterocycles. The number of rotatable bonds is 6. The molecule has 0 aromatic heterocycles. The van der Waals surface area contributed by atoms with E-state index in [-0.39, 0.29) is 24.0 Å². The average Bonchev–Trinajstić information content (AvgIpc) is 2.09. The molecule has 0 amide bonds. The monoisotopic (exact) mass is 301 g/mol. The van der Waals surface area contributed by atoms with Crippen LogP contribution in [0.3, 0.4) is 0 Å². The van der Waals surface area contributed by atoms with Gasteiger partial charge in [-0.2, -0.15) is 0 Å². The van der Waals surface area contributed by atoms with E-state index < -0.39 is 0 Å². The lowest BCUT2D eigenvalue weighted by atomic mass is 10.3. The molecule has 0 aromatic rings. The summed E-state index contributed by atoms with van der Waals surface area (Å²) in [4.78, 5) is 0. The molecule has 0 spiro atoms. The average molecular weight is 301 g/mol. The SMILES string of the molecule is CCOC(C)[N+](CC)(CC)CC.[I-]. The molecule has 2 nitrogen and oxygen atoms in total. The van der Waals surface area contributed by atoms with Crippen LogP contribution < -0.4 is 24.0 Å². The Bertz CT molecular complexity index is 107. The minimum Gasteiger partial charge on any atom is -1.00 e. The van der Waals surface area contributed by atoms with Crippen LogP contribution in [0.1, 0.15) is 34.6 Å². The molecule has 0 radical (unpaired) electrons. The van der Waals surface area contributed by atoms with Gasteiger partial charge >= 0.3 is 0 Å². The molecular weight excluding hydrogens is 277 g/mol. The van der Waals surface area contributed by atoms with Gasteiger partial charge in [0.15, 0.2) is 6.23 Å². The van der Waals surface area contributed by atoms with Crippen LogP contribution in [0.25, 0.3) is 0 Å². The molecule has 0 heterocycles. The Morgan fingerprint density at radius 2 is 1.38 bits per heavy atom. The summed E-state index contributed by atoms with van der Waals surface area (Å²) in [6.07, 6.45) is 0.343. The van der Waals surface area contributed by atoms with E-state index in [1.165, 1.54) is 0 Å². The van der Waals surface area contributed by atoms with E-state index in [4.69, 9.17) is 4.74 Å². The van der Waals surface area contributed by atoms with Crippen molar-refractivity contribution in [2.75, 3.05) is 26.2 Å². The third-order valence-electron chi connectivity index (χ3n) is 3.07. The highest BCUT2D eigenvalue weighted by molar-refractivity contribution is 4.39. The molecular formula is C10H24INO. The van der Waals surface area contributed by atoms with Crippen LogP contribution in [0.5, 0.6) is 0 Å². The zero-order valence-electron chi connectivity index (χ0n) is 9.64. The summed E-state index contributed by atoms with van der Waals surface area (Å²) in [5.41, 5.74) is 0. The molecule has 0 fully saturated rings. The molecule has 1 unspecified atom stereocenters. The lowest BCUT2D eigenvalue weighted by Gasteiger charge is -2.40. The minimum atomic E-state index is 0. The number of nitrogens with zero attached hydrogens (tertiary/aromatic N) is 1. The first kappa shape index (κ1) is 16.1. The summed E-state index contributed by atoms with van der Waals surface area (Å²) in [5, 5.41) is 0. The van der Waals surface area contributed by atoms with E-state index >= 15 is 0 Å². The Labute approximate surface area is 100 Å². The minimum absolute atomic E-state index is 0. The van der Waals surface area contributed by atoms with Crippen molar-refractivity contribution >= 4 is 0 Å². The first-order valence-electron chi connectivity index (χ1n) is 5.14. The fourth-order valence-corrected chi connectivity index (χ4v) is 1.84. The van der Waals surface area contributed by atoms with Crippen molar-refractivity contribution in [1.29, 1.82) is 0 Å². The summed E-state index contributed by atoms with van der Waals surface area (Å²) in [6, 6.07) is 0. The Hall–Kier alpha value is 0.650. The van der Waals surface area contributed by atoms with Crippen molar-refractivity contribution in [2.45, 2.75) is 40.8 Å². The molecule has 0 bridgehead atoms. The maximum Gasteiger partial charge on any atom is 0.190 e. The van der Waals surface area contributed by atoms with E-state index in [0.29, 0.717) is 6.23 Å². The first-order chi connectivity index (χ1) is 5.66. The maximum absolute atomic E-state index is 5.65. The lowest BCUT2D eigenvalue weighted by molar-refractivity contribution is -0.965. The molecule has 0 N–H and O–H groups in total. The quantitative estimate of drug-likeness (QED) is 0.356. The van der Waals surface area contributed by atoms with Gasteiger partial charge in [0.2, 0.25) is 0 Å². The Morgan fingerprint density at radius 3 is 1.62 bits per heavy atom.